The zero-order valence-electron chi connectivity index (χ0n) is 18.7. The second-order valence-corrected chi connectivity index (χ2v) is 8.97. The Morgan fingerprint density at radius 2 is 1.85 bits per heavy atom. The Balaban J connectivity index is 1.54. The maximum Gasteiger partial charge on any atom is 0.264 e. The molecule has 0 bridgehead atoms. The fourth-order valence-corrected chi connectivity index (χ4v) is 4.17. The topological polar surface area (TPSA) is 119 Å². The van der Waals surface area contributed by atoms with E-state index in [2.05, 4.69) is 25.2 Å². The van der Waals surface area contributed by atoms with Gasteiger partial charge in [0.25, 0.3) is 10.0 Å². The number of nitrogens with one attached hydrogen (secondary N) is 2. The molecule has 0 aliphatic rings. The van der Waals surface area contributed by atoms with Crippen molar-refractivity contribution in [2.24, 2.45) is 0 Å². The average molecular weight is 484 g/mol. The van der Waals surface area contributed by atoms with E-state index in [0.717, 1.165) is 0 Å². The van der Waals surface area contributed by atoms with E-state index in [9.17, 15) is 12.8 Å². The lowest BCUT2D eigenvalue weighted by Gasteiger charge is -2.12. The van der Waals surface area contributed by atoms with Crippen molar-refractivity contribution in [2.75, 3.05) is 16.6 Å². The summed E-state index contributed by atoms with van der Waals surface area (Å²) in [7, 11) is -3.87. The number of halogens is 1. The highest BCUT2D eigenvalue weighted by molar-refractivity contribution is 7.92. The molecule has 2 heterocycles. The summed E-state index contributed by atoms with van der Waals surface area (Å²) in [4.78, 5) is 8.59. The molecule has 9 nitrogen and oxygen atoms in total. The van der Waals surface area contributed by atoms with Crippen LogP contribution >= 0.6 is 0 Å². The van der Waals surface area contributed by atoms with Crippen LogP contribution in [-0.4, -0.2) is 30.1 Å². The molecule has 0 aliphatic carbocycles. The van der Waals surface area contributed by atoms with Gasteiger partial charge in [-0.1, -0.05) is 11.2 Å². The van der Waals surface area contributed by atoms with Gasteiger partial charge in [0.1, 0.15) is 11.6 Å². The van der Waals surface area contributed by atoms with Gasteiger partial charge in [0, 0.05) is 17.4 Å². The van der Waals surface area contributed by atoms with E-state index in [1.54, 1.807) is 44.2 Å². The average Bonchev–Trinajstić information content (AvgIpc) is 3.12. The molecule has 4 aromatic rings. The van der Waals surface area contributed by atoms with Crippen molar-refractivity contribution in [2.45, 2.75) is 25.7 Å². The number of benzene rings is 2. The number of anilines is 3. The second-order valence-electron chi connectivity index (χ2n) is 7.29. The predicted octanol–water partition coefficient (Wildman–Crippen LogP) is 4.83. The van der Waals surface area contributed by atoms with Crippen LogP contribution < -0.4 is 14.8 Å². The summed E-state index contributed by atoms with van der Waals surface area (Å²) in [5.41, 5.74) is 2.34. The quantitative estimate of drug-likeness (QED) is 0.366. The number of nitrogens with zero attached hydrogens (tertiary/aromatic N) is 3. The van der Waals surface area contributed by atoms with Crippen molar-refractivity contribution in [3.63, 3.8) is 0 Å². The normalized spacial score (nSPS) is 11.3. The molecular weight excluding hydrogens is 461 g/mol. The summed E-state index contributed by atoms with van der Waals surface area (Å²) in [5.74, 6) is 0.204. The SMILES string of the molecule is CCOc1cccc(F)c1-c1ccnc(Nc2ccc(S(=O)(=O)Nc3onc(C)c3C)cc2)n1. The number of hydrogen-bond donors (Lipinski definition) is 2. The van der Waals surface area contributed by atoms with Gasteiger partial charge in [-0.2, -0.15) is 0 Å². The van der Waals surface area contributed by atoms with Crippen LogP contribution in [0.5, 0.6) is 5.75 Å². The van der Waals surface area contributed by atoms with Crippen molar-refractivity contribution in [1.29, 1.82) is 0 Å². The summed E-state index contributed by atoms with van der Waals surface area (Å²) in [6, 6.07) is 12.2. The van der Waals surface area contributed by atoms with E-state index in [4.69, 9.17) is 9.26 Å². The molecule has 2 aromatic heterocycles. The minimum Gasteiger partial charge on any atom is -0.493 e. The first-order valence-corrected chi connectivity index (χ1v) is 11.8. The summed E-state index contributed by atoms with van der Waals surface area (Å²) >= 11 is 0. The van der Waals surface area contributed by atoms with Gasteiger partial charge in [0.15, 0.2) is 0 Å². The summed E-state index contributed by atoms with van der Waals surface area (Å²) in [6.07, 6.45) is 1.50. The van der Waals surface area contributed by atoms with Crippen LogP contribution in [0.1, 0.15) is 18.2 Å². The standard InChI is InChI=1S/C23H22FN5O4S/c1-4-32-20-7-5-6-18(24)21(20)19-12-13-25-23(27-19)26-16-8-10-17(11-9-16)34(30,31)29-22-14(2)15(3)28-33-22/h5-13,29H,4H2,1-3H3,(H,25,26,27). The lowest BCUT2D eigenvalue weighted by Crippen LogP contribution is -2.13. The zero-order chi connectivity index (χ0) is 24.3. The van der Waals surface area contributed by atoms with Crippen LogP contribution in [0, 0.1) is 19.7 Å². The van der Waals surface area contributed by atoms with Gasteiger partial charge in [-0.15, -0.1) is 0 Å². The summed E-state index contributed by atoms with van der Waals surface area (Å²) < 4.78 is 52.8. The molecule has 11 heteroatoms. The molecule has 34 heavy (non-hydrogen) atoms. The van der Waals surface area contributed by atoms with Crippen LogP contribution in [-0.2, 0) is 10.0 Å². The Labute approximate surface area is 196 Å². The van der Waals surface area contributed by atoms with E-state index < -0.39 is 15.8 Å². The van der Waals surface area contributed by atoms with E-state index in [0.29, 0.717) is 35.0 Å². The summed E-state index contributed by atoms with van der Waals surface area (Å²) in [6.45, 7) is 5.63. The van der Waals surface area contributed by atoms with Gasteiger partial charge in [0.05, 0.1) is 28.5 Å². The van der Waals surface area contributed by atoms with E-state index in [1.165, 1.54) is 24.4 Å². The Kier molecular flexibility index (Phi) is 6.46. The monoisotopic (exact) mass is 483 g/mol. The second kappa shape index (κ2) is 9.48. The molecule has 4 rings (SSSR count). The number of aryl methyl sites for hydroxylation is 1. The Morgan fingerprint density at radius 1 is 1.09 bits per heavy atom. The molecule has 0 spiro atoms. The predicted molar refractivity (Wildman–Crippen MR) is 125 cm³/mol. The third kappa shape index (κ3) is 4.84. The Bertz CT molecular complexity index is 1420. The van der Waals surface area contributed by atoms with E-state index in [-0.39, 0.29) is 22.3 Å². The maximum absolute atomic E-state index is 14.5. The molecule has 0 fully saturated rings. The van der Waals surface area contributed by atoms with Gasteiger partial charge >= 0.3 is 0 Å². The first-order valence-electron chi connectivity index (χ1n) is 10.4. The lowest BCUT2D eigenvalue weighted by molar-refractivity contribution is 0.340. The highest BCUT2D eigenvalue weighted by atomic mass is 32.2. The van der Waals surface area contributed by atoms with Crippen LogP contribution in [0.25, 0.3) is 11.3 Å². The van der Waals surface area contributed by atoms with Crippen LogP contribution in [0.3, 0.4) is 0 Å². The van der Waals surface area contributed by atoms with Crippen molar-refractivity contribution < 1.29 is 22.1 Å². The molecule has 0 radical (unpaired) electrons. The van der Waals surface area contributed by atoms with Crippen molar-refractivity contribution in [1.82, 2.24) is 15.1 Å². The van der Waals surface area contributed by atoms with Crippen LogP contribution in [0.4, 0.5) is 21.9 Å². The molecular formula is C23H22FN5O4S. The van der Waals surface area contributed by atoms with Crippen molar-refractivity contribution >= 4 is 27.5 Å². The van der Waals surface area contributed by atoms with Crippen molar-refractivity contribution in [3.05, 3.63) is 71.8 Å². The Hall–Kier alpha value is -3.99. The lowest BCUT2D eigenvalue weighted by atomic mass is 10.1. The molecule has 0 saturated heterocycles. The third-order valence-electron chi connectivity index (χ3n) is 4.99. The van der Waals surface area contributed by atoms with Crippen molar-refractivity contribution in [3.8, 4) is 17.0 Å². The molecule has 176 valence electrons. The molecule has 0 aliphatic heterocycles. The summed E-state index contributed by atoms with van der Waals surface area (Å²) in [5, 5.41) is 6.74. The third-order valence-corrected chi connectivity index (χ3v) is 6.34. The molecule has 2 N–H and O–H groups in total. The first-order chi connectivity index (χ1) is 16.3. The number of ether oxygens (including phenoxy) is 1. The minimum atomic E-state index is -3.87. The highest BCUT2D eigenvalue weighted by Crippen LogP contribution is 2.32. The fourth-order valence-electron chi connectivity index (χ4n) is 3.12. The Morgan fingerprint density at radius 3 is 2.53 bits per heavy atom. The van der Waals surface area contributed by atoms with E-state index >= 15 is 0 Å². The number of sulfonamides is 1. The fraction of sp³-hybridized carbons (Fsp3) is 0.174. The first kappa shape index (κ1) is 23.2. The van der Waals surface area contributed by atoms with Gasteiger partial charge < -0.3 is 14.6 Å². The van der Waals surface area contributed by atoms with Gasteiger partial charge in [-0.3, -0.25) is 0 Å². The van der Waals surface area contributed by atoms with Gasteiger partial charge in [0.2, 0.25) is 11.8 Å². The van der Waals surface area contributed by atoms with E-state index in [1.807, 2.05) is 6.92 Å². The van der Waals surface area contributed by atoms with Gasteiger partial charge in [-0.05, 0) is 63.2 Å². The van der Waals surface area contributed by atoms with Crippen LogP contribution in [0.15, 0.2) is 64.1 Å². The smallest absolute Gasteiger partial charge is 0.264 e. The van der Waals surface area contributed by atoms with Gasteiger partial charge in [-0.25, -0.2) is 27.5 Å². The van der Waals surface area contributed by atoms with Crippen LogP contribution in [0.2, 0.25) is 0 Å². The molecule has 0 amide bonds. The number of hydrogen-bond acceptors (Lipinski definition) is 8. The zero-order valence-corrected chi connectivity index (χ0v) is 19.5. The minimum absolute atomic E-state index is 0.0360. The molecule has 2 aromatic carbocycles. The highest BCUT2D eigenvalue weighted by Gasteiger charge is 2.19. The largest absolute Gasteiger partial charge is 0.493 e. The number of rotatable bonds is 8. The number of aromatic nitrogens is 3. The molecule has 0 saturated carbocycles. The molecule has 0 atom stereocenters. The maximum atomic E-state index is 14.5. The molecule has 0 unspecified atom stereocenters.